The number of carbonyl (C=O) groups is 1. The Kier molecular flexibility index (Phi) is 5.62. The van der Waals surface area contributed by atoms with E-state index >= 15 is 0 Å². The Morgan fingerprint density at radius 3 is 2.49 bits per heavy atom. The second-order valence-electron chi connectivity index (χ2n) is 8.54. The number of benzene rings is 3. The molecule has 0 aliphatic heterocycles. The summed E-state index contributed by atoms with van der Waals surface area (Å²) in [5.74, 6) is -1.65. The molecule has 9 nitrogen and oxygen atoms in total. The summed E-state index contributed by atoms with van der Waals surface area (Å²) in [6.45, 7) is 3.28. The molecular formula is C25H22N4O5S. The summed E-state index contributed by atoms with van der Waals surface area (Å²) in [6.07, 6.45) is 1.82. The molecule has 1 atom stereocenters. The van der Waals surface area contributed by atoms with Crippen LogP contribution < -0.4 is 4.72 Å². The van der Waals surface area contributed by atoms with E-state index in [-0.39, 0.29) is 4.90 Å². The molecule has 0 bridgehead atoms. The number of nitrogens with one attached hydrogen (secondary N) is 1. The Bertz CT molecular complexity index is 1660. The van der Waals surface area contributed by atoms with Gasteiger partial charge >= 0.3 is 5.97 Å². The fourth-order valence-electron chi connectivity index (χ4n) is 3.89. The molecule has 0 radical (unpaired) electrons. The molecule has 0 saturated heterocycles. The van der Waals surface area contributed by atoms with Gasteiger partial charge in [0.1, 0.15) is 22.9 Å². The van der Waals surface area contributed by atoms with Crippen LogP contribution in [0, 0.1) is 5.92 Å². The van der Waals surface area contributed by atoms with Gasteiger partial charge in [-0.25, -0.2) is 13.1 Å². The maximum atomic E-state index is 12.9. The van der Waals surface area contributed by atoms with E-state index in [1.807, 2.05) is 54.7 Å². The molecule has 0 saturated carbocycles. The zero-order chi connectivity index (χ0) is 24.7. The average Bonchev–Trinajstić information content (AvgIpc) is 3.47. The van der Waals surface area contributed by atoms with E-state index in [9.17, 15) is 18.3 Å². The highest BCUT2D eigenvalue weighted by atomic mass is 32.2. The topological polar surface area (TPSA) is 127 Å². The molecule has 2 N–H and O–H groups in total. The van der Waals surface area contributed by atoms with E-state index in [0.29, 0.717) is 16.6 Å². The number of nitrogens with zero attached hydrogens (tertiary/aromatic N) is 3. The monoisotopic (exact) mass is 490 g/mol. The van der Waals surface area contributed by atoms with Crippen LogP contribution in [0.2, 0.25) is 0 Å². The lowest BCUT2D eigenvalue weighted by Gasteiger charge is -2.17. The van der Waals surface area contributed by atoms with Crippen molar-refractivity contribution in [1.29, 1.82) is 0 Å². The van der Waals surface area contributed by atoms with Crippen LogP contribution in [0.15, 0.2) is 82.2 Å². The summed E-state index contributed by atoms with van der Waals surface area (Å²) < 4.78 is 35.7. The smallest absolute Gasteiger partial charge is 0.322 e. The fourth-order valence-corrected chi connectivity index (χ4v) is 5.26. The number of aliphatic carboxylic acids is 1. The number of aromatic nitrogens is 3. The molecule has 0 spiro atoms. The molecule has 2 aromatic heterocycles. The summed E-state index contributed by atoms with van der Waals surface area (Å²) in [5.41, 5.74) is 3.50. The van der Waals surface area contributed by atoms with E-state index in [1.54, 1.807) is 24.6 Å². The average molecular weight is 491 g/mol. The van der Waals surface area contributed by atoms with Gasteiger partial charge < -0.3 is 9.52 Å². The molecule has 0 fully saturated rings. The molecule has 178 valence electrons. The third-order valence-electron chi connectivity index (χ3n) is 5.78. The van der Waals surface area contributed by atoms with Crippen molar-refractivity contribution >= 4 is 37.9 Å². The molecule has 0 aliphatic carbocycles. The van der Waals surface area contributed by atoms with Crippen molar-refractivity contribution in [3.05, 3.63) is 72.9 Å². The number of hydrogen-bond donors (Lipinski definition) is 2. The Hall–Kier alpha value is -4.02. The van der Waals surface area contributed by atoms with Crippen molar-refractivity contribution in [2.24, 2.45) is 5.92 Å². The van der Waals surface area contributed by atoms with Crippen LogP contribution in [-0.2, 0) is 14.8 Å². The third kappa shape index (κ3) is 4.29. The summed E-state index contributed by atoms with van der Waals surface area (Å²) >= 11 is 0. The van der Waals surface area contributed by atoms with Crippen molar-refractivity contribution in [2.75, 3.05) is 0 Å². The van der Waals surface area contributed by atoms with Crippen molar-refractivity contribution in [3.63, 3.8) is 0 Å². The Labute approximate surface area is 201 Å². The van der Waals surface area contributed by atoms with Crippen molar-refractivity contribution in [2.45, 2.75) is 24.8 Å². The highest BCUT2D eigenvalue weighted by molar-refractivity contribution is 7.89. The largest absolute Gasteiger partial charge is 0.480 e. The van der Waals surface area contributed by atoms with Gasteiger partial charge in [-0.1, -0.05) is 49.4 Å². The highest BCUT2D eigenvalue weighted by Crippen LogP contribution is 2.32. The molecular weight excluding hydrogens is 468 g/mol. The zero-order valence-corrected chi connectivity index (χ0v) is 19.7. The Balaban J connectivity index is 1.50. The van der Waals surface area contributed by atoms with Gasteiger partial charge in [0.25, 0.3) is 0 Å². The zero-order valence-electron chi connectivity index (χ0n) is 18.9. The number of rotatable bonds is 7. The predicted octanol–water partition coefficient (Wildman–Crippen LogP) is 4.22. The van der Waals surface area contributed by atoms with Crippen molar-refractivity contribution in [3.8, 4) is 16.9 Å². The van der Waals surface area contributed by atoms with Gasteiger partial charge in [-0.15, -0.1) is 5.10 Å². The standard InChI is InChI=1S/C25H22N4O5S/c1-15(2)24(25(30)31)27-35(32,33)18-9-11-22-20(13-18)19-10-8-17(12-23(19)34-22)29-14-21(26-28-29)16-6-4-3-5-7-16/h3-15,24,27H,1-2H3,(H,30,31). The number of fused-ring (bicyclic) bond motifs is 3. The summed E-state index contributed by atoms with van der Waals surface area (Å²) in [6, 6.07) is 18.4. The number of carboxylic acids is 1. The molecule has 1 unspecified atom stereocenters. The van der Waals surface area contributed by atoms with Crippen LogP contribution in [-0.4, -0.2) is 40.5 Å². The lowest BCUT2D eigenvalue weighted by Crippen LogP contribution is -2.44. The van der Waals surface area contributed by atoms with Crippen LogP contribution in [0.1, 0.15) is 13.8 Å². The number of furan rings is 1. The molecule has 0 amide bonds. The van der Waals surface area contributed by atoms with Crippen LogP contribution in [0.5, 0.6) is 0 Å². The Morgan fingerprint density at radius 1 is 1.00 bits per heavy atom. The predicted molar refractivity (Wildman–Crippen MR) is 131 cm³/mol. The number of hydrogen-bond acceptors (Lipinski definition) is 6. The number of carboxylic acid groups (broad SMARTS) is 1. The van der Waals surface area contributed by atoms with E-state index in [1.165, 1.54) is 12.1 Å². The first-order valence-electron chi connectivity index (χ1n) is 10.9. The van der Waals surface area contributed by atoms with Gasteiger partial charge in [0.2, 0.25) is 10.0 Å². The van der Waals surface area contributed by atoms with Crippen LogP contribution in [0.3, 0.4) is 0 Å². The first-order chi connectivity index (χ1) is 16.7. The highest BCUT2D eigenvalue weighted by Gasteiger charge is 2.28. The molecule has 10 heteroatoms. The maximum absolute atomic E-state index is 12.9. The second-order valence-corrected chi connectivity index (χ2v) is 10.3. The molecule has 5 aromatic rings. The fraction of sp³-hybridized carbons (Fsp3) is 0.160. The summed E-state index contributed by atoms with van der Waals surface area (Å²) in [5, 5.41) is 19.2. The minimum atomic E-state index is -4.06. The van der Waals surface area contributed by atoms with Gasteiger partial charge in [0.15, 0.2) is 0 Å². The summed E-state index contributed by atoms with van der Waals surface area (Å²) in [7, 11) is -4.06. The normalized spacial score (nSPS) is 13.0. The van der Waals surface area contributed by atoms with Gasteiger partial charge in [0, 0.05) is 22.4 Å². The molecule has 2 heterocycles. The van der Waals surface area contributed by atoms with Gasteiger partial charge in [-0.05, 0) is 36.2 Å². The number of sulfonamides is 1. The first-order valence-corrected chi connectivity index (χ1v) is 12.4. The van der Waals surface area contributed by atoms with Gasteiger partial charge in [0.05, 0.1) is 16.8 Å². The molecule has 0 aliphatic rings. The maximum Gasteiger partial charge on any atom is 0.322 e. The van der Waals surface area contributed by atoms with E-state index in [2.05, 4.69) is 15.0 Å². The van der Waals surface area contributed by atoms with E-state index < -0.39 is 28.0 Å². The molecule has 3 aromatic carbocycles. The SMILES string of the molecule is CC(C)C(NS(=O)(=O)c1ccc2oc3cc(-n4cc(-c5ccccc5)nn4)ccc3c2c1)C(=O)O. The second kappa shape index (κ2) is 8.64. The molecule has 5 rings (SSSR count). The Morgan fingerprint density at radius 2 is 1.77 bits per heavy atom. The lowest BCUT2D eigenvalue weighted by molar-refractivity contribution is -0.140. The lowest BCUT2D eigenvalue weighted by atomic mass is 10.1. The first kappa shape index (κ1) is 22.8. The molecule has 35 heavy (non-hydrogen) atoms. The van der Waals surface area contributed by atoms with Crippen LogP contribution >= 0.6 is 0 Å². The van der Waals surface area contributed by atoms with Gasteiger partial charge in [-0.3, -0.25) is 4.79 Å². The van der Waals surface area contributed by atoms with E-state index in [4.69, 9.17) is 4.42 Å². The van der Waals surface area contributed by atoms with Crippen molar-refractivity contribution in [1.82, 2.24) is 19.7 Å². The minimum absolute atomic E-state index is 0.0348. The van der Waals surface area contributed by atoms with Crippen molar-refractivity contribution < 1.29 is 22.7 Å². The van der Waals surface area contributed by atoms with Crippen LogP contribution in [0.4, 0.5) is 0 Å². The quantitative estimate of drug-likeness (QED) is 0.350. The minimum Gasteiger partial charge on any atom is -0.480 e. The summed E-state index contributed by atoms with van der Waals surface area (Å²) in [4.78, 5) is 11.4. The van der Waals surface area contributed by atoms with Crippen LogP contribution in [0.25, 0.3) is 38.9 Å². The third-order valence-corrected chi connectivity index (χ3v) is 7.22. The van der Waals surface area contributed by atoms with E-state index in [0.717, 1.165) is 22.3 Å². The van der Waals surface area contributed by atoms with Gasteiger partial charge in [-0.2, -0.15) is 4.72 Å².